The first-order valence-electron chi connectivity index (χ1n) is 6.47. The molecule has 0 aromatic carbocycles. The van der Waals surface area contributed by atoms with Crippen molar-refractivity contribution in [2.75, 3.05) is 20.3 Å². The van der Waals surface area contributed by atoms with Crippen molar-refractivity contribution in [2.45, 2.75) is 27.2 Å². The summed E-state index contributed by atoms with van der Waals surface area (Å²) >= 11 is 0. The van der Waals surface area contributed by atoms with Crippen LogP contribution in [0.4, 0.5) is 0 Å². The van der Waals surface area contributed by atoms with E-state index >= 15 is 0 Å². The van der Waals surface area contributed by atoms with E-state index in [0.717, 1.165) is 0 Å². The maximum absolute atomic E-state index is 12.2. The van der Waals surface area contributed by atoms with Gasteiger partial charge in [0, 0.05) is 5.57 Å². The van der Waals surface area contributed by atoms with Crippen molar-refractivity contribution in [3.63, 3.8) is 0 Å². The van der Waals surface area contributed by atoms with Gasteiger partial charge >= 0.3 is 5.97 Å². The number of ether oxygens (including phenoxy) is 1. The number of allylic oxidation sites excluding steroid dienone is 3. The first-order valence-corrected chi connectivity index (χ1v) is 6.47. The number of hydrogen-bond donors (Lipinski definition) is 1. The molecule has 0 radical (unpaired) electrons. The van der Waals surface area contributed by atoms with Crippen LogP contribution in [0.15, 0.2) is 28.8 Å². The van der Waals surface area contributed by atoms with Crippen LogP contribution in [0, 0.1) is 0 Å². The summed E-state index contributed by atoms with van der Waals surface area (Å²) in [6.45, 7) is 5.48. The van der Waals surface area contributed by atoms with E-state index in [1.807, 2.05) is 13.8 Å². The maximum Gasteiger partial charge on any atom is 0.327 e. The molecule has 0 spiro atoms. The second kappa shape index (κ2) is 10.9. The van der Waals surface area contributed by atoms with E-state index in [2.05, 4.69) is 10.5 Å². The van der Waals surface area contributed by atoms with E-state index in [1.165, 1.54) is 7.11 Å². The Bertz CT molecular complexity index is 411. The zero-order valence-electron chi connectivity index (χ0n) is 12.4. The van der Waals surface area contributed by atoms with Gasteiger partial charge in [-0.1, -0.05) is 25.2 Å². The molecule has 0 heterocycles. The van der Waals surface area contributed by atoms with E-state index in [1.54, 1.807) is 25.2 Å². The van der Waals surface area contributed by atoms with Gasteiger partial charge in [-0.3, -0.25) is 19.4 Å². The van der Waals surface area contributed by atoms with Gasteiger partial charge in [0.05, 0.1) is 13.7 Å². The lowest BCUT2D eigenvalue weighted by molar-refractivity contribution is -0.141. The Kier molecular flexibility index (Phi) is 9.86. The second-order valence-corrected chi connectivity index (χ2v) is 3.67. The van der Waals surface area contributed by atoms with E-state index in [0.29, 0.717) is 12.0 Å². The molecule has 0 fully saturated rings. The van der Waals surface area contributed by atoms with E-state index in [9.17, 15) is 9.59 Å². The Labute approximate surface area is 119 Å². The predicted octanol–water partition coefficient (Wildman–Crippen LogP) is 1.58. The summed E-state index contributed by atoms with van der Waals surface area (Å²) in [5, 5.41) is 0. The minimum absolute atomic E-state index is 0.0293. The highest BCUT2D eigenvalue weighted by atomic mass is 16.6. The van der Waals surface area contributed by atoms with E-state index < -0.39 is 5.97 Å². The zero-order valence-corrected chi connectivity index (χ0v) is 12.4. The molecule has 112 valence electrons. The summed E-state index contributed by atoms with van der Waals surface area (Å²) in [4.78, 5) is 32.1. The second-order valence-electron chi connectivity index (χ2n) is 3.67. The molecular formula is C14H22N2O4. The largest absolute Gasteiger partial charge is 0.465 e. The van der Waals surface area contributed by atoms with Gasteiger partial charge in [0.25, 0.3) is 0 Å². The van der Waals surface area contributed by atoms with Crippen LogP contribution in [-0.2, 0) is 19.2 Å². The van der Waals surface area contributed by atoms with Gasteiger partial charge in [-0.2, -0.15) is 0 Å². The van der Waals surface area contributed by atoms with Crippen LogP contribution in [0.25, 0.3) is 0 Å². The quantitative estimate of drug-likeness (QED) is 0.183. The van der Waals surface area contributed by atoms with Crippen molar-refractivity contribution >= 4 is 17.6 Å². The number of ketones is 1. The average Bonchev–Trinajstić information content (AvgIpc) is 2.43. The summed E-state index contributed by atoms with van der Waals surface area (Å²) in [5.41, 5.74) is 2.88. The Morgan fingerprint density at radius 2 is 2.00 bits per heavy atom. The minimum Gasteiger partial charge on any atom is -0.465 e. The molecule has 0 bridgehead atoms. The fourth-order valence-electron chi connectivity index (χ4n) is 1.37. The van der Waals surface area contributed by atoms with Crippen LogP contribution >= 0.6 is 0 Å². The van der Waals surface area contributed by atoms with Gasteiger partial charge in [0.2, 0.25) is 5.78 Å². The minimum atomic E-state index is -0.497. The Morgan fingerprint density at radius 1 is 1.30 bits per heavy atom. The topological polar surface area (TPSA) is 77.0 Å². The fourth-order valence-corrected chi connectivity index (χ4v) is 1.37. The van der Waals surface area contributed by atoms with Crippen molar-refractivity contribution in [3.05, 3.63) is 23.8 Å². The predicted molar refractivity (Wildman–Crippen MR) is 77.3 cm³/mol. The van der Waals surface area contributed by atoms with Gasteiger partial charge in [-0.25, -0.2) is 5.48 Å². The molecule has 0 saturated carbocycles. The molecule has 0 unspecified atom stereocenters. The average molecular weight is 282 g/mol. The summed E-state index contributed by atoms with van der Waals surface area (Å²) < 4.78 is 4.75. The molecule has 0 aliphatic heterocycles. The maximum atomic E-state index is 12.2. The number of aliphatic imine (C=N–C) groups is 1. The van der Waals surface area contributed by atoms with E-state index in [4.69, 9.17) is 9.57 Å². The number of carbonyl (C=O) groups is 2. The lowest BCUT2D eigenvalue weighted by Crippen LogP contribution is -2.32. The first-order chi connectivity index (χ1) is 9.60. The Balaban J connectivity index is 5.05. The van der Waals surface area contributed by atoms with Crippen LogP contribution < -0.4 is 5.48 Å². The SMILES string of the molecule is C/C=C\C(=C/CC)C(=O)C(=NCC(=O)OCC)NOC. The molecule has 1 N–H and O–H groups in total. The summed E-state index contributed by atoms with van der Waals surface area (Å²) in [6, 6.07) is 0. The Hall–Kier alpha value is -1.95. The lowest BCUT2D eigenvalue weighted by atomic mass is 10.1. The number of esters is 1. The zero-order chi connectivity index (χ0) is 15.4. The summed E-state index contributed by atoms with van der Waals surface area (Å²) in [6.07, 6.45) is 5.93. The van der Waals surface area contributed by atoms with Crippen LogP contribution in [0.2, 0.25) is 0 Å². The molecule has 0 aromatic rings. The molecule has 0 rings (SSSR count). The van der Waals surface area contributed by atoms with Crippen LogP contribution in [0.5, 0.6) is 0 Å². The number of nitrogens with zero attached hydrogens (tertiary/aromatic N) is 1. The number of hydrogen-bond acceptors (Lipinski definition) is 5. The van der Waals surface area contributed by atoms with Crippen molar-refractivity contribution in [3.8, 4) is 0 Å². The first kappa shape index (κ1) is 18.0. The lowest BCUT2D eigenvalue weighted by Gasteiger charge is -2.07. The van der Waals surface area contributed by atoms with Gasteiger partial charge < -0.3 is 4.74 Å². The molecule has 6 nitrogen and oxygen atoms in total. The molecule has 0 saturated heterocycles. The van der Waals surface area contributed by atoms with Crippen molar-refractivity contribution in [1.29, 1.82) is 0 Å². The molecule has 0 atom stereocenters. The normalized spacial score (nSPS) is 12.6. The Morgan fingerprint density at radius 3 is 2.50 bits per heavy atom. The summed E-state index contributed by atoms with van der Waals surface area (Å²) in [5.74, 6) is -0.864. The molecule has 0 aliphatic rings. The van der Waals surface area contributed by atoms with Gasteiger partial charge in [-0.15, -0.1) is 0 Å². The van der Waals surface area contributed by atoms with Gasteiger partial charge in [-0.05, 0) is 20.3 Å². The van der Waals surface area contributed by atoms with E-state index in [-0.39, 0.29) is 24.8 Å². The monoisotopic (exact) mass is 282 g/mol. The van der Waals surface area contributed by atoms with Crippen molar-refractivity contribution in [1.82, 2.24) is 5.48 Å². The number of amidine groups is 1. The van der Waals surface area contributed by atoms with Crippen LogP contribution in [-0.4, -0.2) is 37.8 Å². The molecule has 6 heteroatoms. The molecule has 20 heavy (non-hydrogen) atoms. The number of carbonyl (C=O) groups excluding carboxylic acids is 2. The van der Waals surface area contributed by atoms with Crippen molar-refractivity contribution in [2.24, 2.45) is 4.99 Å². The molecule has 0 aliphatic carbocycles. The third-order valence-electron chi connectivity index (χ3n) is 2.12. The number of hydroxylamine groups is 1. The van der Waals surface area contributed by atoms with Crippen molar-refractivity contribution < 1.29 is 19.2 Å². The smallest absolute Gasteiger partial charge is 0.327 e. The van der Waals surface area contributed by atoms with Crippen LogP contribution in [0.1, 0.15) is 27.2 Å². The third-order valence-corrected chi connectivity index (χ3v) is 2.12. The molecule has 0 amide bonds. The fraction of sp³-hybridized carbons (Fsp3) is 0.500. The number of Topliss-reactive ketones (excluding diaryl/α,β-unsaturated/α-hetero) is 1. The third kappa shape index (κ3) is 6.84. The summed E-state index contributed by atoms with van der Waals surface area (Å²) in [7, 11) is 1.37. The molecular weight excluding hydrogens is 260 g/mol. The van der Waals surface area contributed by atoms with Gasteiger partial charge in [0.15, 0.2) is 5.84 Å². The van der Waals surface area contributed by atoms with Gasteiger partial charge in [0.1, 0.15) is 6.54 Å². The highest BCUT2D eigenvalue weighted by Crippen LogP contribution is 2.03. The number of nitrogens with one attached hydrogen (secondary N) is 1. The standard InChI is InChI=1S/C14H22N2O4/c1-5-8-11(9-6-2)13(18)14(16-19-4)15-10-12(17)20-7-3/h5,8-9H,6-7,10H2,1-4H3,(H,15,16)/b8-5-,11-9+. The highest BCUT2D eigenvalue weighted by Gasteiger charge is 2.15. The van der Waals surface area contributed by atoms with Crippen LogP contribution in [0.3, 0.4) is 0 Å². The molecule has 0 aromatic heterocycles. The number of rotatable bonds is 8. The highest BCUT2D eigenvalue weighted by molar-refractivity contribution is 6.45.